The molecule has 1 aliphatic rings. The van der Waals surface area contributed by atoms with Crippen molar-refractivity contribution in [2.45, 2.75) is 39.2 Å². The summed E-state index contributed by atoms with van der Waals surface area (Å²) in [6.07, 6.45) is 3.50. The fraction of sp³-hybridized carbons (Fsp3) is 0.389. The maximum absolute atomic E-state index is 12.4. The largest absolute Gasteiger partial charge is 0.448 e. The fourth-order valence-electron chi connectivity index (χ4n) is 2.80. The quantitative estimate of drug-likeness (QED) is 0.734. The van der Waals surface area contributed by atoms with E-state index in [0.717, 1.165) is 19.3 Å². The van der Waals surface area contributed by atoms with E-state index in [2.05, 4.69) is 17.2 Å². The minimum Gasteiger partial charge on any atom is -0.448 e. The number of nitrogens with one attached hydrogen (secondary N) is 1. The van der Waals surface area contributed by atoms with Gasteiger partial charge in [-0.1, -0.05) is 30.1 Å². The summed E-state index contributed by atoms with van der Waals surface area (Å²) < 4.78 is 5.30. The van der Waals surface area contributed by atoms with Crippen LogP contribution in [0.5, 0.6) is 0 Å². The molecule has 2 aromatic rings. The van der Waals surface area contributed by atoms with Gasteiger partial charge in [0.2, 0.25) is 0 Å². The van der Waals surface area contributed by atoms with E-state index < -0.39 is 18.0 Å². The van der Waals surface area contributed by atoms with Crippen molar-refractivity contribution < 1.29 is 14.3 Å². The third-order valence-corrected chi connectivity index (χ3v) is 5.94. The lowest BCUT2D eigenvalue weighted by molar-refractivity contribution is -0.123. The summed E-state index contributed by atoms with van der Waals surface area (Å²) in [6, 6.07) is 3.36. The number of amides is 1. The van der Waals surface area contributed by atoms with Crippen LogP contribution < -0.4 is 5.32 Å². The maximum atomic E-state index is 12.4. The van der Waals surface area contributed by atoms with Gasteiger partial charge in [-0.25, -0.2) is 9.78 Å². The first-order valence-corrected chi connectivity index (χ1v) is 9.85. The van der Waals surface area contributed by atoms with Crippen molar-refractivity contribution in [3.63, 3.8) is 0 Å². The van der Waals surface area contributed by atoms with E-state index in [1.54, 1.807) is 0 Å². The van der Waals surface area contributed by atoms with Gasteiger partial charge in [-0.3, -0.25) is 4.79 Å². The van der Waals surface area contributed by atoms with Crippen molar-refractivity contribution in [2.75, 3.05) is 5.32 Å². The number of aryl methyl sites for hydroxylation is 1. The molecule has 0 radical (unpaired) electrons. The number of hydrogen-bond acceptors (Lipinski definition) is 5. The van der Waals surface area contributed by atoms with E-state index in [0.29, 0.717) is 15.8 Å². The van der Waals surface area contributed by atoms with Crippen LogP contribution in [0.2, 0.25) is 10.0 Å². The Hall–Kier alpha value is -1.63. The van der Waals surface area contributed by atoms with E-state index in [4.69, 9.17) is 27.9 Å². The van der Waals surface area contributed by atoms with Crippen molar-refractivity contribution >= 4 is 52.2 Å². The van der Waals surface area contributed by atoms with Gasteiger partial charge in [0.05, 0.1) is 10.0 Å². The molecule has 2 aromatic heterocycles. The van der Waals surface area contributed by atoms with Gasteiger partial charge in [0.1, 0.15) is 4.88 Å². The molecular formula is C18H18Cl2N2O3S. The number of fused-ring (bicyclic) bond motifs is 1. The number of carbonyl (C=O) groups excluding carboxylic acids is 2. The predicted molar refractivity (Wildman–Crippen MR) is 103 cm³/mol. The summed E-state index contributed by atoms with van der Waals surface area (Å²) in [7, 11) is 0. The molecule has 0 fully saturated rings. The number of hydrogen-bond donors (Lipinski definition) is 1. The summed E-state index contributed by atoms with van der Waals surface area (Å²) in [5.74, 6) is -0.202. The molecule has 8 heteroatoms. The number of pyridine rings is 1. The number of thiophene rings is 1. The molecule has 0 unspecified atom stereocenters. The zero-order valence-electron chi connectivity index (χ0n) is 14.3. The highest BCUT2D eigenvalue weighted by Gasteiger charge is 2.24. The minimum absolute atomic E-state index is 0.171. The lowest BCUT2D eigenvalue weighted by atomic mass is 9.90. The van der Waals surface area contributed by atoms with Crippen LogP contribution in [-0.4, -0.2) is 23.0 Å². The first kappa shape index (κ1) is 19.1. The van der Waals surface area contributed by atoms with Crippen LogP contribution in [-0.2, 0) is 22.4 Å². The monoisotopic (exact) mass is 412 g/mol. The van der Waals surface area contributed by atoms with Crippen molar-refractivity contribution in [1.82, 2.24) is 4.98 Å². The normalized spacial score (nSPS) is 17.3. The molecule has 1 N–H and O–H groups in total. The number of carbonyl (C=O) groups is 2. The summed E-state index contributed by atoms with van der Waals surface area (Å²) in [4.78, 5) is 30.3. The third kappa shape index (κ3) is 4.37. The number of anilines is 1. The number of aromatic nitrogens is 1. The molecule has 5 nitrogen and oxygen atoms in total. The highest BCUT2D eigenvalue weighted by atomic mass is 35.5. The van der Waals surface area contributed by atoms with Crippen LogP contribution in [0.4, 0.5) is 5.82 Å². The van der Waals surface area contributed by atoms with Crippen LogP contribution in [0.3, 0.4) is 0 Å². The topological polar surface area (TPSA) is 68.3 Å². The highest BCUT2D eigenvalue weighted by Crippen LogP contribution is 2.32. The molecule has 1 aliphatic carbocycles. The Bertz CT molecular complexity index is 853. The Balaban J connectivity index is 1.62. The van der Waals surface area contributed by atoms with E-state index in [9.17, 15) is 9.59 Å². The smallest absolute Gasteiger partial charge is 0.349 e. The zero-order valence-corrected chi connectivity index (χ0v) is 16.7. The maximum Gasteiger partial charge on any atom is 0.349 e. The van der Waals surface area contributed by atoms with Crippen molar-refractivity contribution in [2.24, 2.45) is 5.92 Å². The fourth-order valence-corrected chi connectivity index (χ4v) is 4.32. The van der Waals surface area contributed by atoms with Gasteiger partial charge in [0.25, 0.3) is 5.91 Å². The van der Waals surface area contributed by atoms with Crippen LogP contribution in [0.25, 0.3) is 0 Å². The first-order chi connectivity index (χ1) is 12.3. The van der Waals surface area contributed by atoms with Crippen LogP contribution >= 0.6 is 34.5 Å². The van der Waals surface area contributed by atoms with Gasteiger partial charge >= 0.3 is 5.97 Å². The number of esters is 1. The second-order valence-corrected chi connectivity index (χ2v) is 8.41. The number of rotatable bonds is 4. The lowest BCUT2D eigenvalue weighted by Gasteiger charge is -2.16. The number of halogens is 2. The molecule has 0 aromatic carbocycles. The second-order valence-electron chi connectivity index (χ2n) is 6.43. The minimum atomic E-state index is -0.978. The molecule has 26 heavy (non-hydrogen) atoms. The predicted octanol–water partition coefficient (Wildman–Crippen LogP) is 4.76. The Labute approximate surface area is 165 Å². The molecule has 0 saturated heterocycles. The van der Waals surface area contributed by atoms with Crippen LogP contribution in [0, 0.1) is 5.92 Å². The molecule has 2 heterocycles. The molecular weight excluding hydrogens is 395 g/mol. The zero-order chi connectivity index (χ0) is 18.8. The number of nitrogens with zero attached hydrogens (tertiary/aromatic N) is 1. The SMILES string of the molecule is C[C@H]1CCc2sc(C(=O)O[C@@H](C)C(=O)Nc3ncc(Cl)cc3Cl)cc2C1. The van der Waals surface area contributed by atoms with Crippen molar-refractivity contribution in [3.8, 4) is 0 Å². The summed E-state index contributed by atoms with van der Waals surface area (Å²) in [5, 5.41) is 3.11. The summed E-state index contributed by atoms with van der Waals surface area (Å²) in [5.41, 5.74) is 1.22. The molecule has 138 valence electrons. The molecule has 2 atom stereocenters. The van der Waals surface area contributed by atoms with Crippen LogP contribution in [0.1, 0.15) is 40.4 Å². The molecule has 3 rings (SSSR count). The van der Waals surface area contributed by atoms with Gasteiger partial charge in [0, 0.05) is 11.1 Å². The average Bonchev–Trinajstić information content (AvgIpc) is 3.00. The highest BCUT2D eigenvalue weighted by molar-refractivity contribution is 7.14. The first-order valence-electron chi connectivity index (χ1n) is 8.28. The van der Waals surface area contributed by atoms with Gasteiger partial charge in [-0.15, -0.1) is 11.3 Å². The van der Waals surface area contributed by atoms with Gasteiger partial charge in [0.15, 0.2) is 11.9 Å². The summed E-state index contributed by atoms with van der Waals surface area (Å²) in [6.45, 7) is 3.72. The molecule has 0 bridgehead atoms. The van der Waals surface area contributed by atoms with Crippen molar-refractivity contribution in [3.05, 3.63) is 43.7 Å². The molecule has 0 saturated carbocycles. The Kier molecular flexibility index (Phi) is 5.85. The summed E-state index contributed by atoms with van der Waals surface area (Å²) >= 11 is 13.2. The van der Waals surface area contributed by atoms with E-state index in [1.165, 1.54) is 41.0 Å². The molecule has 0 aliphatic heterocycles. The van der Waals surface area contributed by atoms with E-state index >= 15 is 0 Å². The Morgan fingerprint density at radius 3 is 2.88 bits per heavy atom. The lowest BCUT2D eigenvalue weighted by Crippen LogP contribution is -2.30. The second kappa shape index (κ2) is 7.94. The van der Waals surface area contributed by atoms with Crippen LogP contribution in [0.15, 0.2) is 18.3 Å². The van der Waals surface area contributed by atoms with E-state index in [-0.39, 0.29) is 10.8 Å². The molecule has 0 spiro atoms. The third-order valence-electron chi connectivity index (χ3n) is 4.23. The van der Waals surface area contributed by atoms with Gasteiger partial charge < -0.3 is 10.1 Å². The Morgan fingerprint density at radius 2 is 2.15 bits per heavy atom. The number of ether oxygens (including phenoxy) is 1. The van der Waals surface area contributed by atoms with Gasteiger partial charge in [-0.05, 0) is 49.8 Å². The standard InChI is InChI=1S/C18H18Cl2N2O3S/c1-9-3-4-14-11(5-9)6-15(26-14)18(24)25-10(2)17(23)22-16-13(20)7-12(19)8-21-16/h6-10H,3-5H2,1-2H3,(H,21,22,23)/t9-,10-/m0/s1. The Morgan fingerprint density at radius 1 is 1.38 bits per heavy atom. The molecule has 1 amide bonds. The van der Waals surface area contributed by atoms with Gasteiger partial charge in [-0.2, -0.15) is 0 Å². The average molecular weight is 413 g/mol. The van der Waals surface area contributed by atoms with Crippen molar-refractivity contribution in [1.29, 1.82) is 0 Å². The van der Waals surface area contributed by atoms with E-state index in [1.807, 2.05) is 6.07 Å².